The number of thiazole rings is 1. The van der Waals surface area contributed by atoms with Crippen LogP contribution in [-0.2, 0) is 10.0 Å². The molecule has 0 amide bonds. The smallest absolute Gasteiger partial charge is 0.254 e. The molecule has 0 aliphatic carbocycles. The first-order valence-corrected chi connectivity index (χ1v) is 7.36. The van der Waals surface area contributed by atoms with Crippen LogP contribution < -0.4 is 0 Å². The summed E-state index contributed by atoms with van der Waals surface area (Å²) >= 11 is 6.63. The van der Waals surface area contributed by atoms with Crippen molar-refractivity contribution in [2.45, 2.75) is 23.7 Å². The lowest BCUT2D eigenvalue weighted by molar-refractivity contribution is 0.189. The molecule has 1 unspecified atom stereocenters. The van der Waals surface area contributed by atoms with Crippen LogP contribution in [-0.4, -0.2) is 42.0 Å². The van der Waals surface area contributed by atoms with Gasteiger partial charge in [-0.3, -0.25) is 0 Å². The molecule has 90 valence electrons. The Labute approximate surface area is 103 Å². The van der Waals surface area contributed by atoms with Crippen molar-refractivity contribution in [3.05, 3.63) is 10.2 Å². The summed E-state index contributed by atoms with van der Waals surface area (Å²) in [6, 6.07) is 0. The van der Waals surface area contributed by atoms with Gasteiger partial charge in [-0.25, -0.2) is 13.4 Å². The van der Waals surface area contributed by atoms with E-state index < -0.39 is 16.1 Å². The molecule has 16 heavy (non-hydrogen) atoms. The van der Waals surface area contributed by atoms with E-state index in [0.717, 1.165) is 11.3 Å². The van der Waals surface area contributed by atoms with Gasteiger partial charge in [-0.1, -0.05) is 22.9 Å². The van der Waals surface area contributed by atoms with Gasteiger partial charge in [-0.05, 0) is 13.3 Å². The molecular formula is C8H11ClN2O3S2. The van der Waals surface area contributed by atoms with E-state index in [-0.39, 0.29) is 15.2 Å². The van der Waals surface area contributed by atoms with Crippen LogP contribution in [0.5, 0.6) is 0 Å². The zero-order valence-corrected chi connectivity index (χ0v) is 10.9. The van der Waals surface area contributed by atoms with Gasteiger partial charge in [0.05, 0.1) is 11.8 Å². The van der Waals surface area contributed by atoms with E-state index >= 15 is 0 Å². The van der Waals surface area contributed by atoms with E-state index in [1.54, 1.807) is 6.92 Å². The monoisotopic (exact) mass is 282 g/mol. The summed E-state index contributed by atoms with van der Waals surface area (Å²) in [5.41, 5.74) is 0.413. The van der Waals surface area contributed by atoms with E-state index in [1.165, 1.54) is 4.31 Å². The second-order valence-corrected chi connectivity index (χ2v) is 7.36. The number of nitrogens with zero attached hydrogens (tertiary/aromatic N) is 2. The van der Waals surface area contributed by atoms with Crippen LogP contribution in [0.15, 0.2) is 4.21 Å². The number of hydrogen-bond acceptors (Lipinski definition) is 5. The third kappa shape index (κ3) is 2.10. The van der Waals surface area contributed by atoms with Gasteiger partial charge in [0.2, 0.25) is 0 Å². The Morgan fingerprint density at radius 3 is 2.75 bits per heavy atom. The fourth-order valence-electron chi connectivity index (χ4n) is 1.64. The molecule has 0 spiro atoms. The molecule has 5 nitrogen and oxygen atoms in total. The maximum absolute atomic E-state index is 12.1. The molecule has 1 aliphatic rings. The maximum atomic E-state index is 12.1. The molecule has 0 radical (unpaired) electrons. The minimum Gasteiger partial charge on any atom is -0.392 e. The Kier molecular flexibility index (Phi) is 3.24. The van der Waals surface area contributed by atoms with Gasteiger partial charge in [0.15, 0.2) is 8.68 Å². The Balaban J connectivity index is 2.36. The largest absolute Gasteiger partial charge is 0.392 e. The number of rotatable bonds is 2. The average Bonchev–Trinajstić information content (AvgIpc) is 2.73. The average molecular weight is 283 g/mol. The number of aliphatic hydroxyl groups is 1. The number of sulfonamides is 1. The van der Waals surface area contributed by atoms with Gasteiger partial charge in [-0.2, -0.15) is 4.31 Å². The van der Waals surface area contributed by atoms with Crippen molar-refractivity contribution in [2.75, 3.05) is 13.1 Å². The molecule has 1 aromatic heterocycles. The summed E-state index contributed by atoms with van der Waals surface area (Å²) in [4.78, 5) is 3.88. The fourth-order valence-corrected chi connectivity index (χ4v) is 5.00. The molecule has 1 N–H and O–H groups in total. The molecule has 1 atom stereocenters. The molecule has 0 aromatic carbocycles. The van der Waals surface area contributed by atoms with Gasteiger partial charge in [0.1, 0.15) is 0 Å². The van der Waals surface area contributed by atoms with Crippen molar-refractivity contribution < 1.29 is 13.5 Å². The molecule has 8 heteroatoms. The first kappa shape index (κ1) is 12.3. The third-order valence-corrected chi connectivity index (χ3v) is 6.14. The van der Waals surface area contributed by atoms with Crippen molar-refractivity contribution in [2.24, 2.45) is 0 Å². The highest BCUT2D eigenvalue weighted by Gasteiger charge is 2.34. The van der Waals surface area contributed by atoms with E-state index in [9.17, 15) is 13.5 Å². The predicted octanol–water partition coefficient (Wildman–Crippen LogP) is 0.860. The lowest BCUT2D eigenvalue weighted by Gasteiger charge is -2.14. The topological polar surface area (TPSA) is 70.5 Å². The second kappa shape index (κ2) is 4.23. The van der Waals surface area contributed by atoms with E-state index in [1.807, 2.05) is 0 Å². The number of halogens is 1. The fraction of sp³-hybridized carbons (Fsp3) is 0.625. The standard InChI is InChI=1S/C8H11ClN2O3S2/c1-5-7(15-8(9)10-5)16(13,14)11-3-2-6(12)4-11/h6,12H,2-4H2,1H3. The quantitative estimate of drug-likeness (QED) is 0.873. The van der Waals surface area contributed by atoms with Gasteiger partial charge in [0, 0.05) is 13.1 Å². The van der Waals surface area contributed by atoms with E-state index in [4.69, 9.17) is 11.6 Å². The molecule has 2 rings (SSSR count). The highest BCUT2D eigenvalue weighted by Crippen LogP contribution is 2.30. The minimum absolute atomic E-state index is 0.150. The number of hydrogen-bond donors (Lipinski definition) is 1. The Morgan fingerprint density at radius 2 is 2.31 bits per heavy atom. The van der Waals surface area contributed by atoms with Crippen LogP contribution in [0.4, 0.5) is 0 Å². The van der Waals surface area contributed by atoms with Crippen LogP contribution in [0.25, 0.3) is 0 Å². The van der Waals surface area contributed by atoms with Crippen LogP contribution in [0, 0.1) is 6.92 Å². The normalized spacial score (nSPS) is 22.8. The molecule has 0 saturated carbocycles. The number of β-amino-alcohol motifs (C(OH)–C–C–N with tert-alkyl or cyclic N) is 1. The second-order valence-electron chi connectivity index (χ2n) is 3.65. The molecule has 2 heterocycles. The summed E-state index contributed by atoms with van der Waals surface area (Å²) in [6.07, 6.45) is -0.0939. The lowest BCUT2D eigenvalue weighted by Crippen LogP contribution is -2.29. The number of aromatic nitrogens is 1. The Morgan fingerprint density at radius 1 is 1.62 bits per heavy atom. The third-order valence-electron chi connectivity index (χ3n) is 2.43. The van der Waals surface area contributed by atoms with Crippen molar-refractivity contribution >= 4 is 33.0 Å². The van der Waals surface area contributed by atoms with Crippen LogP contribution in [0.3, 0.4) is 0 Å². The molecular weight excluding hydrogens is 272 g/mol. The summed E-state index contributed by atoms with van der Waals surface area (Å²) in [5, 5.41) is 9.34. The van der Waals surface area contributed by atoms with Crippen LogP contribution >= 0.6 is 22.9 Å². The van der Waals surface area contributed by atoms with Crippen LogP contribution in [0.2, 0.25) is 4.47 Å². The first-order valence-electron chi connectivity index (χ1n) is 4.72. The minimum atomic E-state index is -3.54. The highest BCUT2D eigenvalue weighted by atomic mass is 35.5. The summed E-state index contributed by atoms with van der Waals surface area (Å²) in [6.45, 7) is 2.11. The SMILES string of the molecule is Cc1nc(Cl)sc1S(=O)(=O)N1CCC(O)C1. The van der Waals surface area contributed by atoms with Crippen molar-refractivity contribution in [3.8, 4) is 0 Å². The molecule has 1 aliphatic heterocycles. The number of aliphatic hydroxyl groups excluding tert-OH is 1. The van der Waals surface area contributed by atoms with Crippen molar-refractivity contribution in [1.82, 2.24) is 9.29 Å². The molecule has 1 saturated heterocycles. The molecule has 1 aromatic rings. The van der Waals surface area contributed by atoms with Gasteiger partial charge in [0.25, 0.3) is 10.0 Å². The maximum Gasteiger partial charge on any atom is 0.254 e. The highest BCUT2D eigenvalue weighted by molar-refractivity contribution is 7.91. The Bertz CT molecular complexity index is 499. The van der Waals surface area contributed by atoms with E-state index in [2.05, 4.69) is 4.98 Å². The van der Waals surface area contributed by atoms with Gasteiger partial charge < -0.3 is 5.11 Å². The van der Waals surface area contributed by atoms with Crippen molar-refractivity contribution in [3.63, 3.8) is 0 Å². The summed E-state index contributed by atoms with van der Waals surface area (Å²) in [5.74, 6) is 0. The van der Waals surface area contributed by atoms with E-state index in [0.29, 0.717) is 18.7 Å². The van der Waals surface area contributed by atoms with Crippen molar-refractivity contribution in [1.29, 1.82) is 0 Å². The zero-order valence-electron chi connectivity index (χ0n) is 8.55. The first-order chi connectivity index (χ1) is 7.41. The lowest BCUT2D eigenvalue weighted by atomic mass is 10.3. The summed E-state index contributed by atoms with van der Waals surface area (Å²) in [7, 11) is -3.54. The summed E-state index contributed by atoms with van der Waals surface area (Å²) < 4.78 is 25.9. The molecule has 0 bridgehead atoms. The van der Waals surface area contributed by atoms with Gasteiger partial charge in [-0.15, -0.1) is 0 Å². The Hall–Kier alpha value is -0.210. The predicted molar refractivity (Wildman–Crippen MR) is 61.2 cm³/mol. The zero-order chi connectivity index (χ0) is 11.9. The number of aryl methyl sites for hydroxylation is 1. The van der Waals surface area contributed by atoms with Crippen LogP contribution in [0.1, 0.15) is 12.1 Å². The molecule has 1 fully saturated rings. The van der Waals surface area contributed by atoms with Gasteiger partial charge >= 0.3 is 0 Å².